The van der Waals surface area contributed by atoms with Crippen LogP contribution in [0.25, 0.3) is 0 Å². The number of nitrogens with zero attached hydrogens (tertiary/aromatic N) is 2. The Morgan fingerprint density at radius 1 is 1.44 bits per heavy atom. The van der Waals surface area contributed by atoms with Gasteiger partial charge in [-0.05, 0) is 29.4 Å². The van der Waals surface area contributed by atoms with E-state index < -0.39 is 5.97 Å². The first-order valence-electron chi connectivity index (χ1n) is 4.88. The van der Waals surface area contributed by atoms with Gasteiger partial charge in [0.1, 0.15) is 9.75 Å². The molecule has 0 saturated heterocycles. The third-order valence-electron chi connectivity index (χ3n) is 2.17. The van der Waals surface area contributed by atoms with Crippen LogP contribution in [0, 0.1) is 6.92 Å². The Hall–Kier alpha value is -1.80. The summed E-state index contributed by atoms with van der Waals surface area (Å²) in [5.74, 6) is -0.803. The standard InChI is InChI=1S/C10H9N3O3S2/c1-5-4-17-8(10(15)16-2)7(5)12-9(14)6-3-11-13-18-6/h3-4H,1-2H3,(H,12,14). The van der Waals surface area contributed by atoms with Gasteiger partial charge in [0.25, 0.3) is 5.91 Å². The number of hydrogen-bond acceptors (Lipinski definition) is 7. The average molecular weight is 283 g/mol. The van der Waals surface area contributed by atoms with Crippen molar-refractivity contribution in [1.29, 1.82) is 0 Å². The van der Waals surface area contributed by atoms with Gasteiger partial charge >= 0.3 is 5.97 Å². The van der Waals surface area contributed by atoms with E-state index in [1.807, 2.05) is 6.92 Å². The zero-order valence-electron chi connectivity index (χ0n) is 9.59. The number of carbonyl (C=O) groups is 2. The number of ether oxygens (including phenoxy) is 1. The predicted octanol–water partition coefficient (Wildman–Crippen LogP) is 1.95. The summed E-state index contributed by atoms with van der Waals surface area (Å²) in [7, 11) is 1.30. The molecule has 2 rings (SSSR count). The molecule has 0 bridgehead atoms. The van der Waals surface area contributed by atoms with Gasteiger partial charge in [-0.2, -0.15) is 0 Å². The van der Waals surface area contributed by atoms with Gasteiger partial charge < -0.3 is 10.1 Å². The third kappa shape index (κ3) is 2.39. The molecule has 0 radical (unpaired) electrons. The van der Waals surface area contributed by atoms with Gasteiger partial charge in [0, 0.05) is 0 Å². The van der Waals surface area contributed by atoms with Gasteiger partial charge in [-0.25, -0.2) is 4.79 Å². The molecule has 0 fully saturated rings. The number of amides is 1. The van der Waals surface area contributed by atoms with Crippen LogP contribution in [-0.4, -0.2) is 28.6 Å². The Balaban J connectivity index is 2.26. The molecule has 1 N–H and O–H groups in total. The Morgan fingerprint density at radius 3 is 2.83 bits per heavy atom. The topological polar surface area (TPSA) is 81.2 Å². The van der Waals surface area contributed by atoms with E-state index >= 15 is 0 Å². The summed E-state index contributed by atoms with van der Waals surface area (Å²) in [5, 5.41) is 8.05. The maximum absolute atomic E-state index is 11.9. The Kier molecular flexibility index (Phi) is 3.68. The van der Waals surface area contributed by atoms with E-state index in [9.17, 15) is 9.59 Å². The average Bonchev–Trinajstić information content (AvgIpc) is 2.99. The highest BCUT2D eigenvalue weighted by atomic mass is 32.1. The quantitative estimate of drug-likeness (QED) is 0.871. The highest BCUT2D eigenvalue weighted by molar-refractivity contribution is 7.13. The summed E-state index contributed by atoms with van der Waals surface area (Å²) in [6.45, 7) is 1.81. The van der Waals surface area contributed by atoms with Gasteiger partial charge in [-0.1, -0.05) is 4.49 Å². The first-order chi connectivity index (χ1) is 8.63. The molecule has 1 amide bonds. The lowest BCUT2D eigenvalue weighted by Gasteiger charge is -2.05. The molecule has 2 aromatic rings. The van der Waals surface area contributed by atoms with Crippen LogP contribution in [0.15, 0.2) is 11.6 Å². The summed E-state index contributed by atoms with van der Waals surface area (Å²) in [6, 6.07) is 0. The number of aromatic nitrogens is 2. The van der Waals surface area contributed by atoms with Crippen molar-refractivity contribution in [2.24, 2.45) is 0 Å². The second-order valence-corrected chi connectivity index (χ2v) is 5.02. The molecule has 0 spiro atoms. The molecule has 0 aliphatic heterocycles. The van der Waals surface area contributed by atoms with Gasteiger partial charge in [0.15, 0.2) is 0 Å². The van der Waals surface area contributed by atoms with Crippen molar-refractivity contribution >= 4 is 40.4 Å². The smallest absolute Gasteiger partial charge is 0.350 e. The third-order valence-corrected chi connectivity index (χ3v) is 3.91. The van der Waals surface area contributed by atoms with E-state index in [1.54, 1.807) is 5.38 Å². The van der Waals surface area contributed by atoms with E-state index in [2.05, 4.69) is 19.6 Å². The predicted molar refractivity (Wildman–Crippen MR) is 68.3 cm³/mol. The van der Waals surface area contributed by atoms with Crippen LogP contribution in [0.3, 0.4) is 0 Å². The van der Waals surface area contributed by atoms with Gasteiger partial charge in [0.2, 0.25) is 0 Å². The van der Waals surface area contributed by atoms with Crippen LogP contribution >= 0.6 is 22.9 Å². The number of anilines is 1. The van der Waals surface area contributed by atoms with Crippen LogP contribution in [0.5, 0.6) is 0 Å². The summed E-state index contributed by atoms with van der Waals surface area (Å²) < 4.78 is 8.27. The fourth-order valence-corrected chi connectivity index (χ4v) is 2.62. The minimum absolute atomic E-state index is 0.336. The van der Waals surface area contributed by atoms with Crippen molar-refractivity contribution < 1.29 is 14.3 Å². The molecule has 8 heteroatoms. The highest BCUT2D eigenvalue weighted by Gasteiger charge is 2.19. The molecule has 18 heavy (non-hydrogen) atoms. The molecule has 2 heterocycles. The van der Waals surface area contributed by atoms with Crippen molar-refractivity contribution in [3.63, 3.8) is 0 Å². The van der Waals surface area contributed by atoms with Crippen molar-refractivity contribution in [1.82, 2.24) is 9.59 Å². The minimum atomic E-state index is -0.467. The van der Waals surface area contributed by atoms with Gasteiger partial charge in [-0.3, -0.25) is 4.79 Å². The van der Waals surface area contributed by atoms with E-state index in [-0.39, 0.29) is 5.91 Å². The molecule has 2 aromatic heterocycles. The summed E-state index contributed by atoms with van der Waals surface area (Å²) in [5.41, 5.74) is 1.29. The Bertz CT molecular complexity index is 577. The van der Waals surface area contributed by atoms with Crippen LogP contribution in [-0.2, 0) is 4.74 Å². The number of carbonyl (C=O) groups excluding carboxylic acids is 2. The first-order valence-corrected chi connectivity index (χ1v) is 6.54. The maximum Gasteiger partial charge on any atom is 0.350 e. The zero-order chi connectivity index (χ0) is 13.1. The number of rotatable bonds is 3. The summed E-state index contributed by atoms with van der Waals surface area (Å²) >= 11 is 2.22. The minimum Gasteiger partial charge on any atom is -0.465 e. The van der Waals surface area contributed by atoms with Crippen molar-refractivity contribution in [2.45, 2.75) is 6.92 Å². The largest absolute Gasteiger partial charge is 0.465 e. The second-order valence-electron chi connectivity index (χ2n) is 3.35. The van der Waals surface area contributed by atoms with E-state index in [4.69, 9.17) is 0 Å². The van der Waals surface area contributed by atoms with E-state index in [0.29, 0.717) is 15.4 Å². The second kappa shape index (κ2) is 5.23. The van der Waals surface area contributed by atoms with Crippen LogP contribution in [0.1, 0.15) is 24.9 Å². The molecule has 94 valence electrons. The van der Waals surface area contributed by atoms with Crippen molar-refractivity contribution in [3.8, 4) is 0 Å². The Morgan fingerprint density at radius 2 is 2.22 bits per heavy atom. The molecule has 0 atom stereocenters. The summed E-state index contributed by atoms with van der Waals surface area (Å²) in [4.78, 5) is 24.2. The zero-order valence-corrected chi connectivity index (χ0v) is 11.2. The number of esters is 1. The number of methoxy groups -OCH3 is 1. The highest BCUT2D eigenvalue weighted by Crippen LogP contribution is 2.28. The maximum atomic E-state index is 11.9. The molecule has 0 unspecified atom stereocenters. The van der Waals surface area contributed by atoms with Crippen LogP contribution < -0.4 is 5.32 Å². The van der Waals surface area contributed by atoms with Gasteiger partial charge in [0.05, 0.1) is 19.0 Å². The van der Waals surface area contributed by atoms with Crippen LogP contribution in [0.2, 0.25) is 0 Å². The van der Waals surface area contributed by atoms with E-state index in [0.717, 1.165) is 17.1 Å². The molecule has 0 saturated carbocycles. The molecule has 0 aliphatic rings. The fraction of sp³-hybridized carbons (Fsp3) is 0.200. The summed E-state index contributed by atoms with van der Waals surface area (Å²) in [6.07, 6.45) is 1.37. The molecule has 0 aromatic carbocycles. The number of thiophene rings is 1. The van der Waals surface area contributed by atoms with Gasteiger partial charge in [-0.15, -0.1) is 16.4 Å². The fourth-order valence-electron chi connectivity index (χ4n) is 1.28. The van der Waals surface area contributed by atoms with Crippen LogP contribution in [0.4, 0.5) is 5.69 Å². The lowest BCUT2D eigenvalue weighted by atomic mass is 10.2. The molecular weight excluding hydrogens is 274 g/mol. The van der Waals surface area contributed by atoms with Crippen molar-refractivity contribution in [2.75, 3.05) is 12.4 Å². The number of hydrogen-bond donors (Lipinski definition) is 1. The Labute approximate surface area is 111 Å². The normalized spacial score (nSPS) is 10.1. The first kappa shape index (κ1) is 12.7. The lowest BCUT2D eigenvalue weighted by Crippen LogP contribution is -2.13. The molecule has 6 nitrogen and oxygen atoms in total. The monoisotopic (exact) mass is 283 g/mol. The molecular formula is C10H9N3O3S2. The van der Waals surface area contributed by atoms with Crippen molar-refractivity contribution in [3.05, 3.63) is 26.9 Å². The number of aryl methyl sites for hydroxylation is 1. The lowest BCUT2D eigenvalue weighted by molar-refractivity contribution is 0.0607. The number of nitrogens with one attached hydrogen (secondary N) is 1. The van der Waals surface area contributed by atoms with E-state index in [1.165, 1.54) is 24.6 Å². The molecule has 0 aliphatic carbocycles. The SMILES string of the molecule is COC(=O)c1scc(C)c1NC(=O)c1cnns1.